The monoisotopic (exact) mass is 437 g/mol. The molecule has 172 valence electrons. The molecule has 2 aromatic rings. The van der Waals surface area contributed by atoms with Crippen LogP contribution in [0.15, 0.2) is 36.4 Å². The third-order valence-corrected chi connectivity index (χ3v) is 6.50. The molecule has 32 heavy (non-hydrogen) atoms. The van der Waals surface area contributed by atoms with Crippen LogP contribution in [0.4, 0.5) is 0 Å². The standard InChI is InChI=1S/C26H35N3O3/c1-5-32-25(31)26(16-9-13-22-11-7-6-8-12-22)17-10-18-29(19-26)24(30)15-14-23-20(2)27-28(4)21(23)3/h6-9,11-13H,5,10,14-19H2,1-4H3. The molecule has 2 heterocycles. The molecule has 0 spiro atoms. The largest absolute Gasteiger partial charge is 0.466 e. The first-order valence-electron chi connectivity index (χ1n) is 11.5. The molecule has 0 radical (unpaired) electrons. The number of aryl methyl sites for hydroxylation is 2. The van der Waals surface area contributed by atoms with Gasteiger partial charge >= 0.3 is 5.97 Å². The summed E-state index contributed by atoms with van der Waals surface area (Å²) in [6, 6.07) is 10.0. The van der Waals surface area contributed by atoms with Crippen LogP contribution in [0.25, 0.3) is 6.08 Å². The molecule has 1 saturated heterocycles. The lowest BCUT2D eigenvalue weighted by Gasteiger charge is -2.40. The van der Waals surface area contributed by atoms with Crippen LogP contribution < -0.4 is 0 Å². The summed E-state index contributed by atoms with van der Waals surface area (Å²) >= 11 is 0. The Morgan fingerprint density at radius 3 is 2.62 bits per heavy atom. The average molecular weight is 438 g/mol. The van der Waals surface area contributed by atoms with Gasteiger partial charge in [-0.3, -0.25) is 14.3 Å². The molecule has 3 rings (SSSR count). The number of esters is 1. The van der Waals surface area contributed by atoms with E-state index in [1.54, 1.807) is 0 Å². The zero-order valence-corrected chi connectivity index (χ0v) is 19.8. The Hall–Kier alpha value is -2.89. The SMILES string of the molecule is CCOC(=O)C1(CC=Cc2ccccc2)CCCN(C(=O)CCc2c(C)nn(C)c2C)C1. The molecule has 0 aliphatic carbocycles. The van der Waals surface area contributed by atoms with E-state index in [0.29, 0.717) is 39.0 Å². The Kier molecular flexibility index (Phi) is 7.89. The lowest BCUT2D eigenvalue weighted by atomic mass is 9.76. The van der Waals surface area contributed by atoms with Crippen molar-refractivity contribution in [3.8, 4) is 0 Å². The summed E-state index contributed by atoms with van der Waals surface area (Å²) in [5.74, 6) is -0.109. The second kappa shape index (κ2) is 10.6. The number of aromatic nitrogens is 2. The van der Waals surface area contributed by atoms with Gasteiger partial charge in [-0.05, 0) is 57.6 Å². The van der Waals surface area contributed by atoms with Gasteiger partial charge in [0.1, 0.15) is 0 Å². The van der Waals surface area contributed by atoms with Crippen molar-refractivity contribution in [2.45, 2.75) is 52.9 Å². The molecule has 0 saturated carbocycles. The van der Waals surface area contributed by atoms with Gasteiger partial charge in [-0.25, -0.2) is 0 Å². The van der Waals surface area contributed by atoms with E-state index in [9.17, 15) is 9.59 Å². The lowest BCUT2D eigenvalue weighted by Crippen LogP contribution is -2.50. The molecule has 1 aromatic heterocycles. The van der Waals surface area contributed by atoms with Crippen molar-refractivity contribution in [1.82, 2.24) is 14.7 Å². The van der Waals surface area contributed by atoms with Crippen LogP contribution >= 0.6 is 0 Å². The predicted octanol–water partition coefficient (Wildman–Crippen LogP) is 4.24. The number of hydrogen-bond donors (Lipinski definition) is 0. The Morgan fingerprint density at radius 1 is 1.22 bits per heavy atom. The van der Waals surface area contributed by atoms with E-state index in [4.69, 9.17) is 4.74 Å². The number of nitrogens with zero attached hydrogens (tertiary/aromatic N) is 3. The van der Waals surface area contributed by atoms with Crippen molar-refractivity contribution < 1.29 is 14.3 Å². The second-order valence-corrected chi connectivity index (χ2v) is 8.71. The van der Waals surface area contributed by atoms with E-state index in [2.05, 4.69) is 5.10 Å². The van der Waals surface area contributed by atoms with Crippen LogP contribution in [0.1, 0.15) is 55.1 Å². The number of hydrogen-bond acceptors (Lipinski definition) is 4. The molecule has 6 nitrogen and oxygen atoms in total. The number of carbonyl (C=O) groups excluding carboxylic acids is 2. The number of benzene rings is 1. The molecule has 1 unspecified atom stereocenters. The van der Waals surface area contributed by atoms with Gasteiger partial charge in [0.05, 0.1) is 17.7 Å². The van der Waals surface area contributed by atoms with Gasteiger partial charge in [-0.15, -0.1) is 0 Å². The van der Waals surface area contributed by atoms with Crippen LogP contribution in [0, 0.1) is 19.3 Å². The van der Waals surface area contributed by atoms with Crippen LogP contribution in [-0.4, -0.2) is 46.3 Å². The minimum absolute atomic E-state index is 0.0908. The number of allylic oxidation sites excluding steroid dienone is 1. The van der Waals surface area contributed by atoms with Crippen molar-refractivity contribution in [3.05, 3.63) is 58.9 Å². The first-order valence-corrected chi connectivity index (χ1v) is 11.5. The number of rotatable bonds is 8. The van der Waals surface area contributed by atoms with E-state index >= 15 is 0 Å². The highest BCUT2D eigenvalue weighted by molar-refractivity contribution is 5.81. The van der Waals surface area contributed by atoms with Gasteiger partial charge in [0.15, 0.2) is 0 Å². The minimum atomic E-state index is -0.685. The molecule has 1 atom stereocenters. The Morgan fingerprint density at radius 2 is 1.97 bits per heavy atom. The number of likely N-dealkylation sites (tertiary alicyclic amines) is 1. The fourth-order valence-electron chi connectivity index (χ4n) is 4.60. The van der Waals surface area contributed by atoms with Gasteiger partial charge < -0.3 is 9.64 Å². The summed E-state index contributed by atoms with van der Waals surface area (Å²) in [5, 5.41) is 4.45. The van der Waals surface area contributed by atoms with E-state index in [-0.39, 0.29) is 11.9 Å². The van der Waals surface area contributed by atoms with Crippen LogP contribution in [-0.2, 0) is 27.8 Å². The molecule has 1 aliphatic rings. The van der Waals surface area contributed by atoms with Crippen molar-refractivity contribution in [2.75, 3.05) is 19.7 Å². The Balaban J connectivity index is 1.70. The number of piperidine rings is 1. The minimum Gasteiger partial charge on any atom is -0.466 e. The molecule has 1 fully saturated rings. The molecule has 1 amide bonds. The van der Waals surface area contributed by atoms with E-state index in [1.165, 1.54) is 0 Å². The summed E-state index contributed by atoms with van der Waals surface area (Å²) in [6.45, 7) is 7.29. The molecule has 1 aromatic carbocycles. The van der Waals surface area contributed by atoms with Crippen molar-refractivity contribution in [3.63, 3.8) is 0 Å². The molecule has 1 aliphatic heterocycles. The van der Waals surface area contributed by atoms with E-state index in [1.807, 2.05) is 79.9 Å². The van der Waals surface area contributed by atoms with Crippen molar-refractivity contribution in [1.29, 1.82) is 0 Å². The highest BCUT2D eigenvalue weighted by atomic mass is 16.5. The van der Waals surface area contributed by atoms with Gasteiger partial charge in [0.2, 0.25) is 5.91 Å². The van der Waals surface area contributed by atoms with Crippen molar-refractivity contribution in [2.24, 2.45) is 12.5 Å². The van der Waals surface area contributed by atoms with E-state index in [0.717, 1.165) is 35.4 Å². The molecule has 6 heteroatoms. The molecular weight excluding hydrogens is 402 g/mol. The highest BCUT2D eigenvalue weighted by Crippen LogP contribution is 2.36. The third-order valence-electron chi connectivity index (χ3n) is 6.50. The fraction of sp³-hybridized carbons (Fsp3) is 0.500. The van der Waals surface area contributed by atoms with Gasteiger partial charge in [0, 0.05) is 32.3 Å². The maximum Gasteiger partial charge on any atom is 0.314 e. The van der Waals surface area contributed by atoms with Crippen molar-refractivity contribution >= 4 is 18.0 Å². The van der Waals surface area contributed by atoms with Crippen LogP contribution in [0.2, 0.25) is 0 Å². The third kappa shape index (κ3) is 5.47. The first kappa shape index (κ1) is 23.8. The first-order chi connectivity index (χ1) is 15.4. The summed E-state index contributed by atoms with van der Waals surface area (Å²) in [4.78, 5) is 27.9. The topological polar surface area (TPSA) is 64.4 Å². The zero-order valence-electron chi connectivity index (χ0n) is 19.8. The average Bonchev–Trinajstić information content (AvgIpc) is 3.04. The highest BCUT2D eigenvalue weighted by Gasteiger charge is 2.43. The van der Waals surface area contributed by atoms with Gasteiger partial charge in [0.25, 0.3) is 0 Å². The van der Waals surface area contributed by atoms with Gasteiger partial charge in [-0.2, -0.15) is 5.10 Å². The summed E-state index contributed by atoms with van der Waals surface area (Å²) in [5.41, 5.74) is 3.62. The molecule has 0 N–H and O–H groups in total. The quantitative estimate of drug-likeness (QED) is 0.580. The lowest BCUT2D eigenvalue weighted by molar-refractivity contribution is -0.160. The maximum atomic E-state index is 13.1. The zero-order chi connectivity index (χ0) is 23.1. The normalized spacial score (nSPS) is 18.8. The van der Waals surface area contributed by atoms with E-state index < -0.39 is 5.41 Å². The number of amides is 1. The smallest absolute Gasteiger partial charge is 0.314 e. The number of ether oxygens (including phenoxy) is 1. The second-order valence-electron chi connectivity index (χ2n) is 8.71. The summed E-state index contributed by atoms with van der Waals surface area (Å²) in [7, 11) is 1.93. The van der Waals surface area contributed by atoms with Gasteiger partial charge in [-0.1, -0.05) is 42.5 Å². The predicted molar refractivity (Wildman–Crippen MR) is 126 cm³/mol. The van der Waals surface area contributed by atoms with Crippen LogP contribution in [0.3, 0.4) is 0 Å². The van der Waals surface area contributed by atoms with Crippen LogP contribution in [0.5, 0.6) is 0 Å². The summed E-state index contributed by atoms with van der Waals surface area (Å²) in [6.07, 6.45) is 7.27. The summed E-state index contributed by atoms with van der Waals surface area (Å²) < 4.78 is 7.32. The Labute approximate surface area is 191 Å². The number of carbonyl (C=O) groups is 2. The molecule has 0 bridgehead atoms. The Bertz CT molecular complexity index is 964. The maximum absolute atomic E-state index is 13.1. The molecular formula is C26H35N3O3. The fourth-order valence-corrected chi connectivity index (χ4v) is 4.60.